The zero-order valence-electron chi connectivity index (χ0n) is 12.4. The number of rotatable bonds is 5. The van der Waals surface area contributed by atoms with Gasteiger partial charge in [-0.05, 0) is 57.7 Å². The number of nitrogens with zero attached hydrogens (tertiary/aromatic N) is 3. The van der Waals surface area contributed by atoms with E-state index in [0.29, 0.717) is 5.89 Å². The molecule has 2 saturated heterocycles. The lowest BCUT2D eigenvalue weighted by Gasteiger charge is -2.29. The van der Waals surface area contributed by atoms with Gasteiger partial charge < -0.3 is 14.2 Å². The predicted molar refractivity (Wildman–Crippen MR) is 75.4 cm³/mol. The monoisotopic (exact) mass is 279 g/mol. The Morgan fingerprint density at radius 3 is 2.85 bits per heavy atom. The average Bonchev–Trinajstić information content (AvgIpc) is 3.11. The Hall–Kier alpha value is -0.940. The lowest BCUT2D eigenvalue weighted by Crippen LogP contribution is -2.33. The van der Waals surface area contributed by atoms with Gasteiger partial charge in [0.25, 0.3) is 5.89 Å². The van der Waals surface area contributed by atoms with Crippen LogP contribution >= 0.6 is 0 Å². The van der Waals surface area contributed by atoms with E-state index in [2.05, 4.69) is 22.0 Å². The van der Waals surface area contributed by atoms with E-state index in [1.54, 1.807) is 0 Å². The fourth-order valence-electron chi connectivity index (χ4n) is 3.02. The fraction of sp³-hybridized carbons (Fsp3) is 0.867. The molecule has 1 aromatic rings. The molecule has 2 fully saturated rings. The molecular formula is C15H25N3O2. The molecule has 1 atom stereocenters. The summed E-state index contributed by atoms with van der Waals surface area (Å²) in [4.78, 5) is 7.02. The average molecular weight is 279 g/mol. The molecule has 5 heteroatoms. The maximum Gasteiger partial charge on any atom is 0.255 e. The summed E-state index contributed by atoms with van der Waals surface area (Å²) in [6, 6.07) is 0. The zero-order valence-corrected chi connectivity index (χ0v) is 12.4. The van der Waals surface area contributed by atoms with Gasteiger partial charge in [0, 0.05) is 13.0 Å². The molecule has 1 aromatic heterocycles. The Kier molecular flexibility index (Phi) is 4.68. The molecule has 0 aliphatic carbocycles. The molecule has 0 radical (unpaired) electrons. The second-order valence-corrected chi connectivity index (χ2v) is 6.18. The molecular weight excluding hydrogens is 254 g/mol. The van der Waals surface area contributed by atoms with Crippen molar-refractivity contribution in [3.05, 3.63) is 11.7 Å². The van der Waals surface area contributed by atoms with Crippen molar-refractivity contribution in [3.8, 4) is 0 Å². The van der Waals surface area contributed by atoms with Gasteiger partial charge in [0.05, 0.1) is 0 Å². The lowest BCUT2D eigenvalue weighted by molar-refractivity contribution is 0.0835. The summed E-state index contributed by atoms with van der Waals surface area (Å²) in [5, 5.41) is 4.07. The molecule has 0 bridgehead atoms. The molecule has 5 nitrogen and oxygen atoms in total. The molecule has 2 aliphatic rings. The smallest absolute Gasteiger partial charge is 0.255 e. The van der Waals surface area contributed by atoms with Gasteiger partial charge in [-0.2, -0.15) is 4.98 Å². The summed E-state index contributed by atoms with van der Waals surface area (Å²) in [6.07, 6.45) is 6.83. The van der Waals surface area contributed by atoms with Gasteiger partial charge in [0.1, 0.15) is 6.10 Å². The summed E-state index contributed by atoms with van der Waals surface area (Å²) >= 11 is 0. The molecule has 2 aliphatic heterocycles. The number of hydrogen-bond donors (Lipinski definition) is 0. The van der Waals surface area contributed by atoms with E-state index in [0.717, 1.165) is 50.6 Å². The molecule has 112 valence electrons. The minimum Gasteiger partial charge on any atom is -0.368 e. The lowest BCUT2D eigenvalue weighted by atomic mass is 9.99. The highest BCUT2D eigenvalue weighted by atomic mass is 16.5. The summed E-state index contributed by atoms with van der Waals surface area (Å²) < 4.78 is 10.9. The van der Waals surface area contributed by atoms with E-state index in [4.69, 9.17) is 9.26 Å². The third-order valence-corrected chi connectivity index (χ3v) is 4.44. The van der Waals surface area contributed by atoms with Crippen LogP contribution < -0.4 is 0 Å². The van der Waals surface area contributed by atoms with E-state index in [1.807, 2.05) is 0 Å². The predicted octanol–water partition coefficient (Wildman–Crippen LogP) is 2.59. The molecule has 0 unspecified atom stereocenters. The third-order valence-electron chi connectivity index (χ3n) is 4.44. The van der Waals surface area contributed by atoms with Gasteiger partial charge in [0.2, 0.25) is 0 Å². The Bertz CT molecular complexity index is 407. The fourth-order valence-corrected chi connectivity index (χ4v) is 3.02. The van der Waals surface area contributed by atoms with Crippen molar-refractivity contribution < 1.29 is 9.26 Å². The van der Waals surface area contributed by atoms with Gasteiger partial charge in [-0.25, -0.2) is 0 Å². The maximum absolute atomic E-state index is 5.56. The third kappa shape index (κ3) is 3.58. The van der Waals surface area contributed by atoms with Crippen LogP contribution in [0.15, 0.2) is 4.52 Å². The highest BCUT2D eigenvalue weighted by Gasteiger charge is 2.23. The molecule has 0 amide bonds. The minimum absolute atomic E-state index is 0.0415. The largest absolute Gasteiger partial charge is 0.368 e. The van der Waals surface area contributed by atoms with Crippen molar-refractivity contribution in [2.75, 3.05) is 26.2 Å². The van der Waals surface area contributed by atoms with Gasteiger partial charge >= 0.3 is 0 Å². The van der Waals surface area contributed by atoms with E-state index in [9.17, 15) is 0 Å². The minimum atomic E-state index is 0.0415. The molecule has 20 heavy (non-hydrogen) atoms. The first-order valence-corrected chi connectivity index (χ1v) is 7.97. The summed E-state index contributed by atoms with van der Waals surface area (Å²) in [6.45, 7) is 6.80. The van der Waals surface area contributed by atoms with Crippen LogP contribution in [0.3, 0.4) is 0 Å². The van der Waals surface area contributed by atoms with Crippen LogP contribution in [0.2, 0.25) is 0 Å². The van der Waals surface area contributed by atoms with Crippen molar-refractivity contribution in [3.63, 3.8) is 0 Å². The first-order chi connectivity index (χ1) is 9.81. The SMILES string of the molecule is CC1CCN(CCCc2noc([C@H]3CCCO3)n2)CC1. The van der Waals surface area contributed by atoms with Crippen molar-refractivity contribution >= 4 is 0 Å². The standard InChI is InChI=1S/C15H25N3O2/c1-12-6-9-18(10-7-12)8-2-5-14-16-15(20-17-14)13-4-3-11-19-13/h12-13H,2-11H2,1H3/t13-/m1/s1. The van der Waals surface area contributed by atoms with Crippen LogP contribution in [0, 0.1) is 5.92 Å². The number of piperidine rings is 1. The number of likely N-dealkylation sites (tertiary alicyclic amines) is 1. The van der Waals surface area contributed by atoms with Crippen molar-refractivity contribution in [2.45, 2.75) is 51.6 Å². The van der Waals surface area contributed by atoms with E-state index in [-0.39, 0.29) is 6.10 Å². The highest BCUT2D eigenvalue weighted by molar-refractivity contribution is 4.92. The number of aryl methyl sites for hydroxylation is 1. The zero-order chi connectivity index (χ0) is 13.8. The van der Waals surface area contributed by atoms with Crippen LogP contribution in [-0.2, 0) is 11.2 Å². The van der Waals surface area contributed by atoms with E-state index >= 15 is 0 Å². The van der Waals surface area contributed by atoms with Gasteiger partial charge in [-0.1, -0.05) is 12.1 Å². The molecule has 0 saturated carbocycles. The van der Waals surface area contributed by atoms with E-state index in [1.165, 1.54) is 25.9 Å². The van der Waals surface area contributed by atoms with Crippen molar-refractivity contribution in [1.29, 1.82) is 0 Å². The Morgan fingerprint density at radius 2 is 2.10 bits per heavy atom. The summed E-state index contributed by atoms with van der Waals surface area (Å²) in [5.74, 6) is 2.41. The summed E-state index contributed by atoms with van der Waals surface area (Å²) in [7, 11) is 0. The number of ether oxygens (including phenoxy) is 1. The summed E-state index contributed by atoms with van der Waals surface area (Å²) in [5.41, 5.74) is 0. The second kappa shape index (κ2) is 6.68. The van der Waals surface area contributed by atoms with E-state index < -0.39 is 0 Å². The molecule has 0 spiro atoms. The van der Waals surface area contributed by atoms with Crippen LogP contribution in [-0.4, -0.2) is 41.3 Å². The highest BCUT2D eigenvalue weighted by Crippen LogP contribution is 2.27. The van der Waals surface area contributed by atoms with Crippen LogP contribution in [0.5, 0.6) is 0 Å². The first-order valence-electron chi connectivity index (χ1n) is 7.97. The topological polar surface area (TPSA) is 51.4 Å². The first kappa shape index (κ1) is 14.0. The molecule has 3 rings (SSSR count). The molecule has 0 aromatic carbocycles. The van der Waals surface area contributed by atoms with Crippen LogP contribution in [0.25, 0.3) is 0 Å². The second-order valence-electron chi connectivity index (χ2n) is 6.18. The van der Waals surface area contributed by atoms with Crippen LogP contribution in [0.1, 0.15) is 56.8 Å². The van der Waals surface area contributed by atoms with Gasteiger partial charge in [0.15, 0.2) is 5.82 Å². The van der Waals surface area contributed by atoms with Gasteiger partial charge in [-0.15, -0.1) is 0 Å². The maximum atomic E-state index is 5.56. The Morgan fingerprint density at radius 1 is 1.25 bits per heavy atom. The normalized spacial score (nSPS) is 25.4. The quantitative estimate of drug-likeness (QED) is 0.829. The van der Waals surface area contributed by atoms with Crippen molar-refractivity contribution in [1.82, 2.24) is 15.0 Å². The molecule has 3 heterocycles. The number of aromatic nitrogens is 2. The van der Waals surface area contributed by atoms with Crippen molar-refractivity contribution in [2.24, 2.45) is 5.92 Å². The molecule has 0 N–H and O–H groups in total. The van der Waals surface area contributed by atoms with Crippen LogP contribution in [0.4, 0.5) is 0 Å². The number of hydrogen-bond acceptors (Lipinski definition) is 5. The Labute approximate surface area is 120 Å². The Balaban J connectivity index is 1.40. The van der Waals surface area contributed by atoms with Gasteiger partial charge in [-0.3, -0.25) is 0 Å².